The summed E-state index contributed by atoms with van der Waals surface area (Å²) in [4.78, 5) is 15.6. The molecule has 9 rings (SSSR count). The summed E-state index contributed by atoms with van der Waals surface area (Å²) in [5, 5.41) is 4.44. The van der Waals surface area contributed by atoms with Crippen molar-refractivity contribution in [2.75, 3.05) is 0 Å². The molecule has 2 heterocycles. The van der Waals surface area contributed by atoms with E-state index < -0.39 is 0 Å². The van der Waals surface area contributed by atoms with Crippen LogP contribution in [0.3, 0.4) is 0 Å². The second-order valence-electron chi connectivity index (χ2n) is 13.3. The van der Waals surface area contributed by atoms with Crippen LogP contribution in [0.25, 0.3) is 72.2 Å². The van der Waals surface area contributed by atoms with Crippen LogP contribution in [0.1, 0.15) is 37.2 Å². The van der Waals surface area contributed by atoms with E-state index in [4.69, 9.17) is 19.4 Å². The van der Waals surface area contributed by atoms with Crippen molar-refractivity contribution < 1.29 is 4.42 Å². The van der Waals surface area contributed by atoms with Crippen molar-refractivity contribution in [3.05, 3.63) is 181 Å². The fourth-order valence-electron chi connectivity index (χ4n) is 7.56. The first-order valence-electron chi connectivity index (χ1n) is 17.5. The summed E-state index contributed by atoms with van der Waals surface area (Å²) in [6.07, 6.45) is 11.7. The quantitative estimate of drug-likeness (QED) is 0.167. The predicted octanol–water partition coefficient (Wildman–Crippen LogP) is 12.2. The average molecular weight is 658 g/mol. The molecule has 1 unspecified atom stereocenters. The van der Waals surface area contributed by atoms with E-state index in [0.717, 1.165) is 72.5 Å². The average Bonchev–Trinajstić information content (AvgIpc) is 3.57. The van der Waals surface area contributed by atoms with Gasteiger partial charge in [0.25, 0.3) is 0 Å². The molecule has 4 heteroatoms. The Morgan fingerprint density at radius 2 is 1.20 bits per heavy atom. The van der Waals surface area contributed by atoms with E-state index in [1.807, 2.05) is 43.3 Å². The lowest BCUT2D eigenvalue weighted by molar-refractivity contribution is 0.596. The minimum Gasteiger partial charge on any atom is -0.456 e. The summed E-state index contributed by atoms with van der Waals surface area (Å²) < 4.78 is 6.27. The number of nitrogens with zero attached hydrogens (tertiary/aromatic N) is 3. The maximum Gasteiger partial charge on any atom is 0.164 e. The topological polar surface area (TPSA) is 51.8 Å². The molecule has 1 aliphatic rings. The van der Waals surface area contributed by atoms with Crippen molar-refractivity contribution in [3.8, 4) is 33.9 Å². The summed E-state index contributed by atoms with van der Waals surface area (Å²) in [6, 6.07) is 46.3. The van der Waals surface area contributed by atoms with Gasteiger partial charge in [-0.2, -0.15) is 0 Å². The zero-order valence-electron chi connectivity index (χ0n) is 28.5. The first kappa shape index (κ1) is 30.7. The number of furan rings is 1. The highest BCUT2D eigenvalue weighted by Gasteiger charge is 2.31. The van der Waals surface area contributed by atoms with Gasteiger partial charge in [-0.05, 0) is 64.6 Å². The van der Waals surface area contributed by atoms with Crippen LogP contribution in [0, 0.1) is 0 Å². The third-order valence-electron chi connectivity index (χ3n) is 10.1. The zero-order valence-corrected chi connectivity index (χ0v) is 28.5. The standard InChI is InChI=1S/C47H35N3O/c1-3-4-14-29-47(2)30-28-38(35-20-10-12-23-40(35)47)46-49-44(31-16-6-5-7-17-31)48-45(50-46)37-27-26-34(32-18-8-9-19-33(32)37)36-22-15-25-42-43(36)39-21-11-13-24-41(39)51-42/h3-29H,30H2,1-2H3/b4-3-,29-14-. The third-order valence-corrected chi connectivity index (χ3v) is 10.1. The zero-order chi connectivity index (χ0) is 34.4. The second kappa shape index (κ2) is 12.5. The number of hydrogen-bond donors (Lipinski definition) is 0. The molecule has 4 nitrogen and oxygen atoms in total. The summed E-state index contributed by atoms with van der Waals surface area (Å²) in [5.74, 6) is 1.97. The molecule has 8 aromatic rings. The summed E-state index contributed by atoms with van der Waals surface area (Å²) in [6.45, 7) is 4.34. The molecule has 244 valence electrons. The Bertz CT molecular complexity index is 2700. The molecule has 0 fully saturated rings. The molecule has 1 atom stereocenters. The van der Waals surface area contributed by atoms with Crippen LogP contribution in [-0.2, 0) is 5.41 Å². The second-order valence-corrected chi connectivity index (χ2v) is 13.3. The minimum absolute atomic E-state index is 0.146. The van der Waals surface area contributed by atoms with E-state index in [0.29, 0.717) is 17.5 Å². The molecule has 0 amide bonds. The van der Waals surface area contributed by atoms with Gasteiger partial charge < -0.3 is 4.42 Å². The van der Waals surface area contributed by atoms with E-state index in [1.54, 1.807) is 0 Å². The highest BCUT2D eigenvalue weighted by molar-refractivity contribution is 6.16. The van der Waals surface area contributed by atoms with Crippen LogP contribution in [0.4, 0.5) is 0 Å². The molecule has 0 saturated carbocycles. The Labute approximate surface area is 297 Å². The van der Waals surface area contributed by atoms with Crippen LogP contribution in [0.5, 0.6) is 0 Å². The smallest absolute Gasteiger partial charge is 0.164 e. The number of rotatable bonds is 6. The Kier molecular flexibility index (Phi) is 7.51. The van der Waals surface area contributed by atoms with Gasteiger partial charge in [0, 0.05) is 32.9 Å². The van der Waals surface area contributed by atoms with Gasteiger partial charge in [0.1, 0.15) is 11.2 Å². The van der Waals surface area contributed by atoms with Crippen molar-refractivity contribution in [2.24, 2.45) is 0 Å². The maximum atomic E-state index is 6.27. The molecular weight excluding hydrogens is 623 g/mol. The van der Waals surface area contributed by atoms with Gasteiger partial charge in [-0.15, -0.1) is 0 Å². The van der Waals surface area contributed by atoms with E-state index in [2.05, 4.69) is 134 Å². The van der Waals surface area contributed by atoms with Gasteiger partial charge in [-0.1, -0.05) is 153 Å². The van der Waals surface area contributed by atoms with Crippen molar-refractivity contribution in [1.29, 1.82) is 0 Å². The molecular formula is C47H35N3O. The molecule has 0 saturated heterocycles. The molecule has 0 radical (unpaired) electrons. The van der Waals surface area contributed by atoms with Crippen molar-refractivity contribution in [1.82, 2.24) is 15.0 Å². The lowest BCUT2D eigenvalue weighted by atomic mass is 9.71. The first-order valence-corrected chi connectivity index (χ1v) is 17.5. The SMILES string of the molecule is C/C=C\C=C/C1(C)CC=C(c2nc(-c3ccccc3)nc(-c3ccc(-c4cccc5oc6ccccc6c45)c4ccccc34)n2)c2ccccc21. The number of hydrogen-bond acceptors (Lipinski definition) is 4. The molecule has 2 aromatic heterocycles. The van der Waals surface area contributed by atoms with Gasteiger partial charge >= 0.3 is 0 Å². The minimum atomic E-state index is -0.146. The molecule has 1 aliphatic carbocycles. The van der Waals surface area contributed by atoms with Gasteiger partial charge in [0.2, 0.25) is 0 Å². The third kappa shape index (κ3) is 5.28. The molecule has 51 heavy (non-hydrogen) atoms. The largest absolute Gasteiger partial charge is 0.456 e. The maximum absolute atomic E-state index is 6.27. The molecule has 0 aliphatic heterocycles. The fraction of sp³-hybridized carbons (Fsp3) is 0.0851. The Hall–Kier alpha value is -6.39. The highest BCUT2D eigenvalue weighted by Crippen LogP contribution is 2.44. The fourth-order valence-corrected chi connectivity index (χ4v) is 7.56. The lowest BCUT2D eigenvalue weighted by Crippen LogP contribution is -2.24. The molecule has 0 N–H and O–H groups in total. The summed E-state index contributed by atoms with van der Waals surface area (Å²) in [7, 11) is 0. The number of fused-ring (bicyclic) bond motifs is 5. The lowest BCUT2D eigenvalue weighted by Gasteiger charge is -2.32. The van der Waals surface area contributed by atoms with Crippen molar-refractivity contribution in [3.63, 3.8) is 0 Å². The summed E-state index contributed by atoms with van der Waals surface area (Å²) >= 11 is 0. The van der Waals surface area contributed by atoms with E-state index in [-0.39, 0.29) is 5.41 Å². The van der Waals surface area contributed by atoms with Gasteiger partial charge in [-0.25, -0.2) is 15.0 Å². The van der Waals surface area contributed by atoms with Crippen LogP contribution in [0.15, 0.2) is 168 Å². The molecule has 0 bridgehead atoms. The Morgan fingerprint density at radius 3 is 2.04 bits per heavy atom. The predicted molar refractivity (Wildman–Crippen MR) is 210 cm³/mol. The number of benzene rings is 6. The van der Waals surface area contributed by atoms with Crippen LogP contribution >= 0.6 is 0 Å². The van der Waals surface area contributed by atoms with Gasteiger partial charge in [0.15, 0.2) is 17.5 Å². The van der Waals surface area contributed by atoms with Crippen molar-refractivity contribution in [2.45, 2.75) is 25.7 Å². The van der Waals surface area contributed by atoms with Crippen LogP contribution < -0.4 is 0 Å². The number of para-hydroxylation sites is 1. The van der Waals surface area contributed by atoms with Crippen molar-refractivity contribution >= 4 is 38.3 Å². The number of aromatic nitrogens is 3. The van der Waals surface area contributed by atoms with Gasteiger partial charge in [-0.3, -0.25) is 0 Å². The van der Waals surface area contributed by atoms with E-state index in [1.165, 1.54) is 5.56 Å². The van der Waals surface area contributed by atoms with E-state index >= 15 is 0 Å². The monoisotopic (exact) mass is 657 g/mol. The highest BCUT2D eigenvalue weighted by atomic mass is 16.3. The number of allylic oxidation sites excluding steroid dienone is 5. The normalized spacial score (nSPS) is 16.0. The Balaban J connectivity index is 1.24. The first-order chi connectivity index (χ1) is 25.1. The van der Waals surface area contributed by atoms with E-state index in [9.17, 15) is 0 Å². The summed E-state index contributed by atoms with van der Waals surface area (Å²) in [5.41, 5.74) is 9.25. The van der Waals surface area contributed by atoms with Gasteiger partial charge in [0.05, 0.1) is 0 Å². The Morgan fingerprint density at radius 1 is 0.549 bits per heavy atom. The molecule has 0 spiro atoms. The van der Waals surface area contributed by atoms with Crippen LogP contribution in [-0.4, -0.2) is 15.0 Å². The van der Waals surface area contributed by atoms with Crippen LogP contribution in [0.2, 0.25) is 0 Å². The molecule has 6 aromatic carbocycles.